The number of carbonyl (C=O) groups is 3. The second-order valence-corrected chi connectivity index (χ2v) is 6.26. The SMILES string of the molecule is COC(=O)[C@@H](CO)NC(=O)C1CCN(C(=O)c2cccs2)CC1. The Balaban J connectivity index is 1.85. The molecule has 7 nitrogen and oxygen atoms in total. The molecule has 1 aliphatic rings. The zero-order valence-corrected chi connectivity index (χ0v) is 13.7. The van der Waals surface area contributed by atoms with Crippen molar-refractivity contribution in [3.05, 3.63) is 22.4 Å². The Labute approximate surface area is 138 Å². The van der Waals surface area contributed by atoms with Crippen molar-refractivity contribution in [1.82, 2.24) is 10.2 Å². The van der Waals surface area contributed by atoms with E-state index in [1.807, 2.05) is 11.4 Å². The number of hydrogen-bond acceptors (Lipinski definition) is 6. The molecule has 2 N–H and O–H groups in total. The molecule has 2 heterocycles. The number of rotatable bonds is 5. The van der Waals surface area contributed by atoms with Gasteiger partial charge in [0.2, 0.25) is 5.91 Å². The maximum atomic E-state index is 12.2. The molecule has 8 heteroatoms. The molecule has 1 atom stereocenters. The lowest BCUT2D eigenvalue weighted by Crippen LogP contribution is -2.49. The Morgan fingerprint density at radius 3 is 2.65 bits per heavy atom. The molecule has 1 aromatic heterocycles. The van der Waals surface area contributed by atoms with Crippen molar-refractivity contribution >= 4 is 29.1 Å². The van der Waals surface area contributed by atoms with Crippen molar-refractivity contribution in [2.24, 2.45) is 5.92 Å². The van der Waals surface area contributed by atoms with Gasteiger partial charge >= 0.3 is 5.97 Å². The van der Waals surface area contributed by atoms with Crippen LogP contribution in [0.1, 0.15) is 22.5 Å². The van der Waals surface area contributed by atoms with E-state index in [-0.39, 0.29) is 17.7 Å². The third-order valence-electron chi connectivity index (χ3n) is 3.87. The number of thiophene rings is 1. The number of nitrogens with one attached hydrogen (secondary N) is 1. The van der Waals surface area contributed by atoms with Crippen LogP contribution >= 0.6 is 11.3 Å². The average molecular weight is 340 g/mol. The third-order valence-corrected chi connectivity index (χ3v) is 4.73. The Morgan fingerprint density at radius 2 is 2.13 bits per heavy atom. The van der Waals surface area contributed by atoms with Gasteiger partial charge in [0, 0.05) is 19.0 Å². The number of aliphatic hydroxyl groups excluding tert-OH is 1. The molecule has 1 saturated heterocycles. The first kappa shape index (κ1) is 17.4. The van der Waals surface area contributed by atoms with Gasteiger partial charge in [-0.1, -0.05) is 6.07 Å². The number of carbonyl (C=O) groups excluding carboxylic acids is 3. The molecule has 2 rings (SSSR count). The molecule has 2 amide bonds. The van der Waals surface area contributed by atoms with Gasteiger partial charge in [-0.25, -0.2) is 4.79 Å². The lowest BCUT2D eigenvalue weighted by molar-refractivity contribution is -0.146. The zero-order chi connectivity index (χ0) is 16.8. The monoisotopic (exact) mass is 340 g/mol. The van der Waals surface area contributed by atoms with Crippen LogP contribution in [0.5, 0.6) is 0 Å². The van der Waals surface area contributed by atoms with E-state index < -0.39 is 18.6 Å². The third kappa shape index (κ3) is 4.29. The fourth-order valence-electron chi connectivity index (χ4n) is 2.51. The number of likely N-dealkylation sites (tertiary alicyclic amines) is 1. The lowest BCUT2D eigenvalue weighted by atomic mass is 9.95. The number of nitrogens with zero attached hydrogens (tertiary/aromatic N) is 1. The normalized spacial score (nSPS) is 16.7. The van der Waals surface area contributed by atoms with Crippen molar-refractivity contribution < 1.29 is 24.2 Å². The molecule has 0 unspecified atom stereocenters. The Morgan fingerprint density at radius 1 is 1.43 bits per heavy atom. The van der Waals surface area contributed by atoms with E-state index >= 15 is 0 Å². The van der Waals surface area contributed by atoms with Gasteiger partial charge in [0.05, 0.1) is 18.6 Å². The van der Waals surface area contributed by atoms with E-state index in [4.69, 9.17) is 5.11 Å². The van der Waals surface area contributed by atoms with Gasteiger partial charge in [0.15, 0.2) is 6.04 Å². The van der Waals surface area contributed by atoms with Crippen molar-refractivity contribution in [3.8, 4) is 0 Å². The maximum absolute atomic E-state index is 12.2. The molecule has 23 heavy (non-hydrogen) atoms. The van der Waals surface area contributed by atoms with Crippen LogP contribution in [0.4, 0.5) is 0 Å². The molecule has 126 valence electrons. The fourth-order valence-corrected chi connectivity index (χ4v) is 3.20. The Kier molecular flexibility index (Phi) is 6.12. The number of piperidine rings is 1. The van der Waals surface area contributed by atoms with Gasteiger partial charge in [-0.3, -0.25) is 9.59 Å². The maximum Gasteiger partial charge on any atom is 0.330 e. The predicted octanol–water partition coefficient (Wildman–Crippen LogP) is 0.250. The summed E-state index contributed by atoms with van der Waals surface area (Å²) in [5.74, 6) is -1.26. The van der Waals surface area contributed by atoms with Gasteiger partial charge in [-0.15, -0.1) is 11.3 Å². The lowest BCUT2D eigenvalue weighted by Gasteiger charge is -2.31. The highest BCUT2D eigenvalue weighted by atomic mass is 32.1. The molecule has 0 saturated carbocycles. The minimum absolute atomic E-state index is 0.0124. The van der Waals surface area contributed by atoms with E-state index in [1.165, 1.54) is 18.4 Å². The topological polar surface area (TPSA) is 95.9 Å². The molecular weight excluding hydrogens is 320 g/mol. The summed E-state index contributed by atoms with van der Waals surface area (Å²) in [6, 6.07) is 2.58. The van der Waals surface area contributed by atoms with Crippen molar-refractivity contribution in [2.45, 2.75) is 18.9 Å². The van der Waals surface area contributed by atoms with Crippen LogP contribution in [-0.4, -0.2) is 60.6 Å². The largest absolute Gasteiger partial charge is 0.467 e. The molecular formula is C15H20N2O5S. The zero-order valence-electron chi connectivity index (χ0n) is 12.9. The quantitative estimate of drug-likeness (QED) is 0.749. The fraction of sp³-hybridized carbons (Fsp3) is 0.533. The average Bonchev–Trinajstić information content (AvgIpc) is 3.12. The number of esters is 1. The van der Waals surface area contributed by atoms with Crippen LogP contribution < -0.4 is 5.32 Å². The van der Waals surface area contributed by atoms with Gasteiger partial charge < -0.3 is 20.1 Å². The molecule has 0 aromatic carbocycles. The first-order valence-electron chi connectivity index (χ1n) is 7.38. The highest BCUT2D eigenvalue weighted by Crippen LogP contribution is 2.21. The second kappa shape index (κ2) is 8.07. The molecule has 0 bridgehead atoms. The van der Waals surface area contributed by atoms with Crippen molar-refractivity contribution in [2.75, 3.05) is 26.8 Å². The molecule has 1 fully saturated rings. The van der Waals surface area contributed by atoms with Gasteiger partial charge in [-0.05, 0) is 24.3 Å². The van der Waals surface area contributed by atoms with E-state index in [9.17, 15) is 14.4 Å². The van der Waals surface area contributed by atoms with Crippen molar-refractivity contribution in [3.63, 3.8) is 0 Å². The predicted molar refractivity (Wildman–Crippen MR) is 84.0 cm³/mol. The van der Waals surface area contributed by atoms with Crippen LogP contribution in [0, 0.1) is 5.92 Å². The van der Waals surface area contributed by atoms with Gasteiger partial charge in [0.1, 0.15) is 0 Å². The van der Waals surface area contributed by atoms with E-state index in [1.54, 1.807) is 11.0 Å². The highest BCUT2D eigenvalue weighted by Gasteiger charge is 2.30. The summed E-state index contributed by atoms with van der Waals surface area (Å²) in [5, 5.41) is 13.5. The van der Waals surface area contributed by atoms with Crippen LogP contribution in [-0.2, 0) is 14.3 Å². The molecule has 0 aliphatic carbocycles. The molecule has 1 aromatic rings. The summed E-state index contributed by atoms with van der Waals surface area (Å²) >= 11 is 1.40. The van der Waals surface area contributed by atoms with Crippen molar-refractivity contribution in [1.29, 1.82) is 0 Å². The molecule has 0 radical (unpaired) electrons. The first-order valence-corrected chi connectivity index (χ1v) is 8.26. The first-order chi connectivity index (χ1) is 11.1. The summed E-state index contributed by atoms with van der Waals surface area (Å²) < 4.78 is 4.52. The summed E-state index contributed by atoms with van der Waals surface area (Å²) in [6.07, 6.45) is 1.06. The summed E-state index contributed by atoms with van der Waals surface area (Å²) in [4.78, 5) is 38.2. The van der Waals surface area contributed by atoms with E-state index in [0.717, 1.165) is 0 Å². The minimum Gasteiger partial charge on any atom is -0.467 e. The smallest absolute Gasteiger partial charge is 0.330 e. The van der Waals surface area contributed by atoms with Crippen LogP contribution in [0.3, 0.4) is 0 Å². The van der Waals surface area contributed by atoms with Crippen LogP contribution in [0.25, 0.3) is 0 Å². The van der Waals surface area contributed by atoms with Crippen LogP contribution in [0.2, 0.25) is 0 Å². The Hall–Kier alpha value is -1.93. The number of aliphatic hydroxyl groups is 1. The number of hydrogen-bond donors (Lipinski definition) is 2. The van der Waals surface area contributed by atoms with Gasteiger partial charge in [-0.2, -0.15) is 0 Å². The van der Waals surface area contributed by atoms with Gasteiger partial charge in [0.25, 0.3) is 5.91 Å². The summed E-state index contributed by atoms with van der Waals surface area (Å²) in [7, 11) is 1.20. The standard InChI is InChI=1S/C15H20N2O5S/c1-22-15(21)11(9-18)16-13(19)10-4-6-17(7-5-10)14(20)12-3-2-8-23-12/h2-3,8,10-11,18H,4-7,9H2,1H3,(H,16,19)/t11-/m1/s1. The summed E-state index contributed by atoms with van der Waals surface area (Å²) in [5.41, 5.74) is 0. The summed E-state index contributed by atoms with van der Waals surface area (Å²) in [6.45, 7) is 0.488. The molecule has 1 aliphatic heterocycles. The van der Waals surface area contributed by atoms with E-state index in [2.05, 4.69) is 10.1 Å². The van der Waals surface area contributed by atoms with E-state index in [0.29, 0.717) is 30.8 Å². The number of ether oxygens (including phenoxy) is 1. The Bertz CT molecular complexity index is 552. The second-order valence-electron chi connectivity index (χ2n) is 5.31. The van der Waals surface area contributed by atoms with Crippen LogP contribution in [0.15, 0.2) is 17.5 Å². The molecule has 0 spiro atoms. The number of amides is 2. The minimum atomic E-state index is -1.04. The highest BCUT2D eigenvalue weighted by molar-refractivity contribution is 7.12. The number of methoxy groups -OCH3 is 1.